The molecule has 0 saturated carbocycles. The van der Waals surface area contributed by atoms with Crippen LogP contribution in [0.1, 0.15) is 35.3 Å². The summed E-state index contributed by atoms with van der Waals surface area (Å²) in [6.45, 7) is 10.6. The van der Waals surface area contributed by atoms with E-state index in [1.54, 1.807) is 31.2 Å². The molecule has 3 rings (SSSR count). The smallest absolute Gasteiger partial charge is 0.475 e. The second-order valence-corrected chi connectivity index (χ2v) is 10.4. The lowest BCUT2D eigenvalue weighted by atomic mass is 10.1. The van der Waals surface area contributed by atoms with Gasteiger partial charge in [-0.2, -0.15) is 13.2 Å². The number of hydrogen-bond acceptors (Lipinski definition) is 6. The highest BCUT2D eigenvalue weighted by molar-refractivity contribution is 7.92. The molecule has 0 aromatic heterocycles. The molecule has 1 amide bonds. The summed E-state index contributed by atoms with van der Waals surface area (Å²) in [4.78, 5) is 23.8. The quantitative estimate of drug-likeness (QED) is 0.440. The summed E-state index contributed by atoms with van der Waals surface area (Å²) >= 11 is 0. The number of halogens is 3. The largest absolute Gasteiger partial charge is 0.490 e. The molecule has 1 heterocycles. The van der Waals surface area contributed by atoms with Gasteiger partial charge in [-0.1, -0.05) is 17.7 Å². The van der Waals surface area contributed by atoms with Crippen LogP contribution >= 0.6 is 0 Å². The van der Waals surface area contributed by atoms with Crippen molar-refractivity contribution in [3.8, 4) is 0 Å². The summed E-state index contributed by atoms with van der Waals surface area (Å²) < 4.78 is 60.8. The first-order valence-corrected chi connectivity index (χ1v) is 12.9. The number of carbonyl (C=O) groups is 2. The average molecular weight is 545 g/mol. The molecule has 4 N–H and O–H groups in total. The van der Waals surface area contributed by atoms with Crippen molar-refractivity contribution in [3.05, 3.63) is 53.1 Å². The fraction of sp³-hybridized carbons (Fsp3) is 0.417. The monoisotopic (exact) mass is 544 g/mol. The number of aryl methyl sites for hydroxylation is 2. The number of amides is 1. The van der Waals surface area contributed by atoms with Crippen molar-refractivity contribution in [1.82, 2.24) is 10.6 Å². The molecule has 2 aromatic rings. The van der Waals surface area contributed by atoms with Crippen LogP contribution in [0.4, 0.5) is 24.5 Å². The Morgan fingerprint density at radius 3 is 2.16 bits per heavy atom. The number of nitrogens with zero attached hydrogens (tertiary/aromatic N) is 1. The number of alkyl halides is 3. The summed E-state index contributed by atoms with van der Waals surface area (Å²) in [5.74, 6) is -2.99. The zero-order valence-corrected chi connectivity index (χ0v) is 21.8. The molecular formula is C24H31F3N4O5S. The summed E-state index contributed by atoms with van der Waals surface area (Å²) in [5, 5.41) is 13.3. The molecule has 1 aliphatic rings. The molecule has 0 bridgehead atoms. The zero-order chi connectivity index (χ0) is 28.0. The fourth-order valence-corrected chi connectivity index (χ4v) is 4.88. The van der Waals surface area contributed by atoms with Gasteiger partial charge < -0.3 is 20.6 Å². The molecule has 13 heteroatoms. The molecule has 1 aliphatic heterocycles. The van der Waals surface area contributed by atoms with Crippen molar-refractivity contribution >= 4 is 33.3 Å². The lowest BCUT2D eigenvalue weighted by molar-refractivity contribution is -0.192. The number of nitrogens with one attached hydrogen (secondary N) is 3. The van der Waals surface area contributed by atoms with Gasteiger partial charge in [0.05, 0.1) is 16.3 Å². The van der Waals surface area contributed by atoms with Crippen molar-refractivity contribution in [3.63, 3.8) is 0 Å². The van der Waals surface area contributed by atoms with Crippen LogP contribution in [-0.4, -0.2) is 63.8 Å². The maximum absolute atomic E-state index is 13.2. The number of aliphatic carboxylic acids is 1. The zero-order valence-electron chi connectivity index (χ0n) is 20.9. The van der Waals surface area contributed by atoms with Crippen LogP contribution in [0.3, 0.4) is 0 Å². The van der Waals surface area contributed by atoms with Crippen molar-refractivity contribution < 1.29 is 36.3 Å². The lowest BCUT2D eigenvalue weighted by Gasteiger charge is -2.31. The van der Waals surface area contributed by atoms with Crippen molar-refractivity contribution in [2.45, 2.75) is 44.8 Å². The Morgan fingerprint density at radius 2 is 1.65 bits per heavy atom. The molecule has 0 radical (unpaired) electrons. The molecule has 204 valence electrons. The Labute approximate surface area is 214 Å². The SMILES string of the molecule is Cc1ccc(S(=O)(=O)Nc2cc(C(=O)NC(C)C)ccc2N2CCNCC2)c(C)c1.O=C(O)C(F)(F)F. The van der Waals surface area contributed by atoms with Gasteiger partial charge in [0.15, 0.2) is 0 Å². The van der Waals surface area contributed by atoms with E-state index in [2.05, 4.69) is 20.3 Å². The van der Waals surface area contributed by atoms with Crippen molar-refractivity contribution in [2.24, 2.45) is 0 Å². The number of anilines is 2. The standard InChI is InChI=1S/C22H30N4O3S.C2HF3O2/c1-15(2)24-22(27)18-6-7-20(26-11-9-23-10-12-26)19(14-18)25-30(28,29)21-8-5-16(3)13-17(21)4;3-2(4,5)1(6)7/h5-8,13-15,23,25H,9-12H2,1-4H3,(H,24,27);(H,6,7). The number of sulfonamides is 1. The summed E-state index contributed by atoms with van der Waals surface area (Å²) in [6, 6.07) is 10.4. The molecule has 1 saturated heterocycles. The third-order valence-electron chi connectivity index (χ3n) is 5.24. The van der Waals surface area contributed by atoms with Gasteiger partial charge in [-0.15, -0.1) is 0 Å². The van der Waals surface area contributed by atoms with Crippen LogP contribution in [0.2, 0.25) is 0 Å². The topological polar surface area (TPSA) is 128 Å². The van der Waals surface area contributed by atoms with Gasteiger partial charge in [0, 0.05) is 37.8 Å². The van der Waals surface area contributed by atoms with E-state index in [0.717, 1.165) is 37.4 Å². The summed E-state index contributed by atoms with van der Waals surface area (Å²) in [6.07, 6.45) is -5.08. The number of carbonyl (C=O) groups excluding carboxylic acids is 1. The van der Waals surface area contributed by atoms with Crippen LogP contribution in [-0.2, 0) is 14.8 Å². The van der Waals surface area contributed by atoms with Gasteiger partial charge in [-0.25, -0.2) is 13.2 Å². The first-order valence-electron chi connectivity index (χ1n) is 11.4. The fourth-order valence-electron chi connectivity index (χ4n) is 3.59. The second-order valence-electron chi connectivity index (χ2n) is 8.77. The first-order chi connectivity index (χ1) is 17.1. The first kappa shape index (κ1) is 29.9. The van der Waals surface area contributed by atoms with Crippen LogP contribution in [0.25, 0.3) is 0 Å². The molecule has 37 heavy (non-hydrogen) atoms. The number of carboxylic acid groups (broad SMARTS) is 1. The van der Waals surface area contributed by atoms with E-state index in [0.29, 0.717) is 16.8 Å². The predicted molar refractivity (Wildman–Crippen MR) is 135 cm³/mol. The minimum absolute atomic E-state index is 0.0132. The predicted octanol–water partition coefficient (Wildman–Crippen LogP) is 3.29. The average Bonchev–Trinajstić information content (AvgIpc) is 2.78. The minimum atomic E-state index is -5.08. The summed E-state index contributed by atoms with van der Waals surface area (Å²) in [7, 11) is -3.81. The highest BCUT2D eigenvalue weighted by atomic mass is 32.2. The van der Waals surface area contributed by atoms with Crippen LogP contribution in [0.5, 0.6) is 0 Å². The number of benzene rings is 2. The van der Waals surface area contributed by atoms with Gasteiger partial charge >= 0.3 is 12.1 Å². The Bertz CT molecular complexity index is 1230. The van der Waals surface area contributed by atoms with E-state index >= 15 is 0 Å². The van der Waals surface area contributed by atoms with E-state index in [9.17, 15) is 26.4 Å². The van der Waals surface area contributed by atoms with Gasteiger partial charge in [0.25, 0.3) is 15.9 Å². The third-order valence-corrected chi connectivity index (χ3v) is 6.77. The van der Waals surface area contributed by atoms with Crippen LogP contribution in [0, 0.1) is 13.8 Å². The molecule has 1 fully saturated rings. The van der Waals surface area contributed by atoms with Gasteiger partial charge in [0.1, 0.15) is 0 Å². The number of hydrogen-bond donors (Lipinski definition) is 4. The minimum Gasteiger partial charge on any atom is -0.475 e. The van der Waals surface area contributed by atoms with Gasteiger partial charge in [0.2, 0.25) is 0 Å². The van der Waals surface area contributed by atoms with E-state index < -0.39 is 22.2 Å². The molecule has 0 spiro atoms. The van der Waals surface area contributed by atoms with Gasteiger partial charge in [-0.05, 0) is 57.5 Å². The van der Waals surface area contributed by atoms with E-state index in [4.69, 9.17) is 9.90 Å². The Hall–Kier alpha value is -3.32. The lowest BCUT2D eigenvalue weighted by Crippen LogP contribution is -2.43. The van der Waals surface area contributed by atoms with Crippen LogP contribution < -0.4 is 20.3 Å². The molecule has 2 aromatic carbocycles. The molecule has 0 aliphatic carbocycles. The second kappa shape index (κ2) is 12.3. The van der Waals surface area contributed by atoms with Crippen molar-refractivity contribution in [1.29, 1.82) is 0 Å². The van der Waals surface area contributed by atoms with E-state index in [-0.39, 0.29) is 16.8 Å². The number of rotatable bonds is 6. The maximum atomic E-state index is 13.2. The highest BCUT2D eigenvalue weighted by Gasteiger charge is 2.38. The third kappa shape index (κ3) is 8.64. The van der Waals surface area contributed by atoms with Gasteiger partial charge in [-0.3, -0.25) is 9.52 Å². The Morgan fingerprint density at radius 1 is 1.05 bits per heavy atom. The maximum Gasteiger partial charge on any atom is 0.490 e. The molecule has 0 unspecified atom stereocenters. The number of piperazine rings is 1. The molecule has 9 nitrogen and oxygen atoms in total. The highest BCUT2D eigenvalue weighted by Crippen LogP contribution is 2.31. The number of carboxylic acids is 1. The van der Waals surface area contributed by atoms with E-state index in [1.807, 2.05) is 32.9 Å². The van der Waals surface area contributed by atoms with Crippen molar-refractivity contribution in [2.75, 3.05) is 35.8 Å². The Kier molecular flexibility index (Phi) is 9.93. The molecular weight excluding hydrogens is 513 g/mol. The Balaban J connectivity index is 0.000000604. The summed E-state index contributed by atoms with van der Waals surface area (Å²) in [5.41, 5.74) is 3.28. The normalized spacial score (nSPS) is 14.0. The van der Waals surface area contributed by atoms with Crippen LogP contribution in [0.15, 0.2) is 41.3 Å². The van der Waals surface area contributed by atoms with E-state index in [1.165, 1.54) is 0 Å². The molecule has 0 atom stereocenters.